The topological polar surface area (TPSA) is 71.5 Å². The Balaban J connectivity index is 1.49. The number of aromatic nitrogens is 1. The summed E-state index contributed by atoms with van der Waals surface area (Å²) >= 11 is 0. The highest BCUT2D eigenvalue weighted by Crippen LogP contribution is 2.25. The molecule has 6 heteroatoms. The Morgan fingerprint density at radius 3 is 2.70 bits per heavy atom. The van der Waals surface area contributed by atoms with Gasteiger partial charge in [-0.1, -0.05) is 30.3 Å². The van der Waals surface area contributed by atoms with E-state index in [4.69, 9.17) is 4.74 Å². The number of carbonyl (C=O) groups is 2. The van der Waals surface area contributed by atoms with Crippen LogP contribution in [0.25, 0.3) is 0 Å². The van der Waals surface area contributed by atoms with Gasteiger partial charge in [-0.2, -0.15) is 0 Å². The number of rotatable bonds is 5. The molecule has 1 atom stereocenters. The SMILES string of the molecule is O=C(NCCN1CC(c2ccccc2)OC1=O)c1ccncc1. The van der Waals surface area contributed by atoms with Gasteiger partial charge in [-0.3, -0.25) is 9.78 Å². The van der Waals surface area contributed by atoms with Crippen LogP contribution in [0.3, 0.4) is 0 Å². The van der Waals surface area contributed by atoms with Crippen LogP contribution < -0.4 is 5.32 Å². The third kappa shape index (κ3) is 3.66. The Morgan fingerprint density at radius 1 is 1.22 bits per heavy atom. The number of hydrogen-bond acceptors (Lipinski definition) is 4. The lowest BCUT2D eigenvalue weighted by Crippen LogP contribution is -2.35. The smallest absolute Gasteiger partial charge is 0.410 e. The van der Waals surface area contributed by atoms with Crippen LogP contribution in [0.5, 0.6) is 0 Å². The number of cyclic esters (lactones) is 1. The zero-order valence-corrected chi connectivity index (χ0v) is 12.5. The first kappa shape index (κ1) is 15.0. The molecule has 1 fully saturated rings. The van der Waals surface area contributed by atoms with E-state index in [1.165, 1.54) is 0 Å². The molecular formula is C17H17N3O3. The van der Waals surface area contributed by atoms with Crippen molar-refractivity contribution in [3.05, 3.63) is 66.0 Å². The summed E-state index contributed by atoms with van der Waals surface area (Å²) in [6.45, 7) is 1.28. The van der Waals surface area contributed by atoms with Crippen molar-refractivity contribution in [1.29, 1.82) is 0 Å². The van der Waals surface area contributed by atoms with Crippen LogP contribution >= 0.6 is 0 Å². The number of nitrogens with one attached hydrogen (secondary N) is 1. The molecule has 118 valence electrons. The molecule has 23 heavy (non-hydrogen) atoms. The van der Waals surface area contributed by atoms with Crippen LogP contribution in [-0.4, -0.2) is 41.5 Å². The predicted octanol–water partition coefficient (Wildman–Crippen LogP) is 2.00. The van der Waals surface area contributed by atoms with E-state index in [0.717, 1.165) is 5.56 Å². The summed E-state index contributed by atoms with van der Waals surface area (Å²) in [4.78, 5) is 29.3. The zero-order chi connectivity index (χ0) is 16.1. The molecule has 2 heterocycles. The Morgan fingerprint density at radius 2 is 1.96 bits per heavy atom. The van der Waals surface area contributed by atoms with Gasteiger partial charge in [0, 0.05) is 31.0 Å². The van der Waals surface area contributed by atoms with E-state index in [-0.39, 0.29) is 18.1 Å². The normalized spacial score (nSPS) is 17.0. The largest absolute Gasteiger partial charge is 0.439 e. The highest BCUT2D eigenvalue weighted by atomic mass is 16.6. The highest BCUT2D eigenvalue weighted by Gasteiger charge is 2.31. The average Bonchev–Trinajstić information content (AvgIpc) is 2.97. The summed E-state index contributed by atoms with van der Waals surface area (Å²) < 4.78 is 5.37. The molecular weight excluding hydrogens is 294 g/mol. The van der Waals surface area contributed by atoms with Crippen molar-refractivity contribution in [1.82, 2.24) is 15.2 Å². The van der Waals surface area contributed by atoms with Crippen LogP contribution in [0, 0.1) is 0 Å². The number of ether oxygens (including phenoxy) is 1. The van der Waals surface area contributed by atoms with Gasteiger partial charge in [0.2, 0.25) is 0 Å². The molecule has 1 aliphatic rings. The fourth-order valence-electron chi connectivity index (χ4n) is 2.44. The van der Waals surface area contributed by atoms with Gasteiger partial charge in [-0.15, -0.1) is 0 Å². The number of amides is 2. The van der Waals surface area contributed by atoms with Gasteiger partial charge in [0.25, 0.3) is 5.91 Å². The van der Waals surface area contributed by atoms with Crippen molar-refractivity contribution < 1.29 is 14.3 Å². The Hall–Kier alpha value is -2.89. The van der Waals surface area contributed by atoms with Crippen molar-refractivity contribution in [3.63, 3.8) is 0 Å². The maximum Gasteiger partial charge on any atom is 0.410 e. The first-order valence-electron chi connectivity index (χ1n) is 7.43. The fraction of sp³-hybridized carbons (Fsp3) is 0.235. The first-order chi connectivity index (χ1) is 11.2. The molecule has 1 aromatic heterocycles. The van der Waals surface area contributed by atoms with Gasteiger partial charge in [-0.25, -0.2) is 4.79 Å². The summed E-state index contributed by atoms with van der Waals surface area (Å²) in [7, 11) is 0. The highest BCUT2D eigenvalue weighted by molar-refractivity contribution is 5.93. The second kappa shape index (κ2) is 6.91. The standard InChI is InChI=1S/C17H17N3O3/c21-16(14-6-8-18-9-7-14)19-10-11-20-12-15(23-17(20)22)13-4-2-1-3-5-13/h1-9,15H,10-12H2,(H,19,21). The molecule has 2 amide bonds. The van der Waals surface area contributed by atoms with E-state index in [9.17, 15) is 9.59 Å². The summed E-state index contributed by atoms with van der Waals surface area (Å²) in [6, 6.07) is 12.9. The summed E-state index contributed by atoms with van der Waals surface area (Å²) in [5, 5.41) is 2.78. The number of hydrogen-bond donors (Lipinski definition) is 1. The van der Waals surface area contributed by atoms with Gasteiger partial charge in [0.05, 0.1) is 6.54 Å². The summed E-state index contributed by atoms with van der Waals surface area (Å²) in [5.74, 6) is -0.181. The third-order valence-corrected chi connectivity index (χ3v) is 3.67. The first-order valence-corrected chi connectivity index (χ1v) is 7.43. The molecule has 2 aromatic rings. The molecule has 1 N–H and O–H groups in total. The van der Waals surface area contributed by atoms with E-state index in [0.29, 0.717) is 25.2 Å². The Bertz CT molecular complexity index is 676. The van der Waals surface area contributed by atoms with E-state index >= 15 is 0 Å². The van der Waals surface area contributed by atoms with E-state index in [1.54, 1.807) is 29.4 Å². The van der Waals surface area contributed by atoms with Crippen molar-refractivity contribution in [2.75, 3.05) is 19.6 Å². The minimum Gasteiger partial charge on any atom is -0.439 e. The van der Waals surface area contributed by atoms with Gasteiger partial charge in [0.1, 0.15) is 6.10 Å². The minimum atomic E-state index is -0.350. The summed E-state index contributed by atoms with van der Waals surface area (Å²) in [6.07, 6.45) is 2.53. The van der Waals surface area contributed by atoms with Crippen LogP contribution in [0.2, 0.25) is 0 Å². The molecule has 0 saturated carbocycles. The van der Waals surface area contributed by atoms with Crippen LogP contribution in [0.1, 0.15) is 22.0 Å². The monoisotopic (exact) mass is 311 g/mol. The van der Waals surface area contributed by atoms with Crippen molar-refractivity contribution in [2.45, 2.75) is 6.10 Å². The van der Waals surface area contributed by atoms with Gasteiger partial charge in [0.15, 0.2) is 0 Å². The summed E-state index contributed by atoms with van der Waals surface area (Å²) in [5.41, 5.74) is 1.52. The number of benzene rings is 1. The molecule has 1 saturated heterocycles. The van der Waals surface area contributed by atoms with E-state index in [1.807, 2.05) is 30.3 Å². The lowest BCUT2D eigenvalue weighted by Gasteiger charge is -2.13. The second-order valence-corrected chi connectivity index (χ2v) is 5.22. The number of nitrogens with zero attached hydrogens (tertiary/aromatic N) is 2. The number of pyridine rings is 1. The van der Waals surface area contributed by atoms with Crippen molar-refractivity contribution in [2.24, 2.45) is 0 Å². The molecule has 1 unspecified atom stereocenters. The predicted molar refractivity (Wildman–Crippen MR) is 83.8 cm³/mol. The molecule has 0 radical (unpaired) electrons. The fourth-order valence-corrected chi connectivity index (χ4v) is 2.44. The maximum absolute atomic E-state index is 11.9. The van der Waals surface area contributed by atoms with E-state index < -0.39 is 0 Å². The van der Waals surface area contributed by atoms with Gasteiger partial charge in [-0.05, 0) is 17.7 Å². The van der Waals surface area contributed by atoms with Crippen LogP contribution in [0.4, 0.5) is 4.79 Å². The Kier molecular flexibility index (Phi) is 4.52. The Labute approximate surface area is 134 Å². The molecule has 1 aromatic carbocycles. The van der Waals surface area contributed by atoms with Crippen LogP contribution in [0.15, 0.2) is 54.9 Å². The van der Waals surface area contributed by atoms with Gasteiger partial charge < -0.3 is 15.0 Å². The van der Waals surface area contributed by atoms with Crippen LogP contribution in [-0.2, 0) is 4.74 Å². The lowest BCUT2D eigenvalue weighted by molar-refractivity contribution is 0.0948. The van der Waals surface area contributed by atoms with E-state index in [2.05, 4.69) is 10.3 Å². The second-order valence-electron chi connectivity index (χ2n) is 5.22. The molecule has 0 bridgehead atoms. The van der Waals surface area contributed by atoms with Crippen molar-refractivity contribution in [3.8, 4) is 0 Å². The lowest BCUT2D eigenvalue weighted by atomic mass is 10.1. The third-order valence-electron chi connectivity index (χ3n) is 3.67. The van der Waals surface area contributed by atoms with Gasteiger partial charge >= 0.3 is 6.09 Å². The molecule has 6 nitrogen and oxygen atoms in total. The quantitative estimate of drug-likeness (QED) is 0.917. The average molecular weight is 311 g/mol. The molecule has 0 spiro atoms. The minimum absolute atomic E-state index is 0.181. The maximum atomic E-state index is 11.9. The molecule has 3 rings (SSSR count). The molecule has 0 aliphatic carbocycles. The zero-order valence-electron chi connectivity index (χ0n) is 12.5. The van der Waals surface area contributed by atoms with Crippen molar-refractivity contribution >= 4 is 12.0 Å². The molecule has 1 aliphatic heterocycles. The number of carbonyl (C=O) groups excluding carboxylic acids is 2.